The maximum atomic E-state index is 13.2. The van der Waals surface area contributed by atoms with E-state index in [0.29, 0.717) is 6.54 Å². The molecule has 0 saturated carbocycles. The highest BCUT2D eigenvalue weighted by Crippen LogP contribution is 2.30. The van der Waals surface area contributed by atoms with Crippen molar-refractivity contribution in [2.75, 3.05) is 23.3 Å². The average Bonchev–Trinajstić information content (AvgIpc) is 3.29. The van der Waals surface area contributed by atoms with Gasteiger partial charge < -0.3 is 30.5 Å². The van der Waals surface area contributed by atoms with Gasteiger partial charge in [0.1, 0.15) is 24.1 Å². The van der Waals surface area contributed by atoms with Crippen LogP contribution in [-0.2, 0) is 16.0 Å². The minimum Gasteiger partial charge on any atom is -0.388 e. The minimum atomic E-state index is -1.25. The third-order valence-corrected chi connectivity index (χ3v) is 5.57. The lowest BCUT2D eigenvalue weighted by Crippen LogP contribution is -2.41. The molecule has 3 amide bonds. The van der Waals surface area contributed by atoms with Gasteiger partial charge in [-0.3, -0.25) is 4.79 Å². The summed E-state index contributed by atoms with van der Waals surface area (Å²) in [5, 5.41) is 25.6. The number of aliphatic hydroxyl groups is 2. The van der Waals surface area contributed by atoms with Crippen LogP contribution in [0, 0.1) is 5.82 Å². The molecule has 0 aromatic heterocycles. The largest absolute Gasteiger partial charge is 0.388 e. The van der Waals surface area contributed by atoms with Crippen LogP contribution in [0.15, 0.2) is 48.5 Å². The topological polar surface area (TPSA) is 111 Å². The molecule has 4 atom stereocenters. The molecular formula is C22H24FN3O5. The number of benzene rings is 2. The van der Waals surface area contributed by atoms with Crippen molar-refractivity contribution in [3.05, 3.63) is 59.9 Å². The Bertz CT molecular complexity index is 972. The number of amides is 3. The van der Waals surface area contributed by atoms with Crippen LogP contribution in [0.3, 0.4) is 0 Å². The molecule has 8 nitrogen and oxygen atoms in total. The van der Waals surface area contributed by atoms with Gasteiger partial charge in [-0.1, -0.05) is 24.3 Å². The maximum Gasteiger partial charge on any atom is 0.319 e. The van der Waals surface area contributed by atoms with Crippen LogP contribution in [-0.4, -0.2) is 59.7 Å². The Morgan fingerprint density at radius 1 is 1.10 bits per heavy atom. The fraction of sp³-hybridized carbons (Fsp3) is 0.364. The van der Waals surface area contributed by atoms with Crippen LogP contribution in [0.1, 0.15) is 12.0 Å². The number of halogens is 1. The predicted octanol–water partition coefficient (Wildman–Crippen LogP) is 1.42. The quantitative estimate of drug-likeness (QED) is 0.575. The van der Waals surface area contributed by atoms with Crippen LogP contribution in [0.5, 0.6) is 0 Å². The standard InChI is InChI=1S/C22H24FN3O5/c23-14-5-3-6-15(10-14)25-22(30)24-12-18-21(29)20(28)17(31-18)11-19(27)26-9-8-13-4-1-2-7-16(13)26/h1-7,10,17-18,20-21,28-29H,8-9,11-12H2,(H2,24,25,30). The van der Waals surface area contributed by atoms with Gasteiger partial charge in [-0.05, 0) is 36.2 Å². The third-order valence-electron chi connectivity index (χ3n) is 5.57. The van der Waals surface area contributed by atoms with Crippen molar-refractivity contribution in [3.63, 3.8) is 0 Å². The molecule has 2 aromatic carbocycles. The van der Waals surface area contributed by atoms with E-state index < -0.39 is 36.3 Å². The predicted molar refractivity (Wildman–Crippen MR) is 111 cm³/mol. The smallest absolute Gasteiger partial charge is 0.319 e. The zero-order chi connectivity index (χ0) is 22.0. The van der Waals surface area contributed by atoms with Crippen molar-refractivity contribution in [1.29, 1.82) is 0 Å². The molecule has 1 fully saturated rings. The number of hydrogen-bond acceptors (Lipinski definition) is 5. The second-order valence-electron chi connectivity index (χ2n) is 7.67. The SMILES string of the molecule is O=C(NCC1OC(CC(=O)N2CCc3ccccc32)C(O)C1O)Nc1cccc(F)c1. The molecule has 2 aliphatic heterocycles. The van der Waals surface area contributed by atoms with E-state index in [2.05, 4.69) is 10.6 Å². The fourth-order valence-corrected chi connectivity index (χ4v) is 3.98. The van der Waals surface area contributed by atoms with Gasteiger partial charge in [-0.15, -0.1) is 0 Å². The molecule has 0 spiro atoms. The van der Waals surface area contributed by atoms with E-state index in [1.165, 1.54) is 24.3 Å². The molecule has 4 N–H and O–H groups in total. The van der Waals surface area contributed by atoms with E-state index in [4.69, 9.17) is 4.74 Å². The number of fused-ring (bicyclic) bond motifs is 1. The van der Waals surface area contributed by atoms with Crippen LogP contribution in [0.4, 0.5) is 20.6 Å². The van der Waals surface area contributed by atoms with Crippen LogP contribution in [0.25, 0.3) is 0 Å². The van der Waals surface area contributed by atoms with E-state index in [1.54, 1.807) is 4.90 Å². The number of anilines is 2. The van der Waals surface area contributed by atoms with Crippen molar-refractivity contribution < 1.29 is 28.9 Å². The number of urea groups is 1. The van der Waals surface area contributed by atoms with Gasteiger partial charge in [-0.2, -0.15) is 0 Å². The minimum absolute atomic E-state index is 0.0848. The van der Waals surface area contributed by atoms with Crippen molar-refractivity contribution in [1.82, 2.24) is 5.32 Å². The number of nitrogens with one attached hydrogen (secondary N) is 2. The van der Waals surface area contributed by atoms with Crippen molar-refractivity contribution >= 4 is 23.3 Å². The molecule has 1 saturated heterocycles. The van der Waals surface area contributed by atoms with Crippen molar-refractivity contribution in [3.8, 4) is 0 Å². The Morgan fingerprint density at radius 3 is 2.68 bits per heavy atom. The first-order valence-corrected chi connectivity index (χ1v) is 10.1. The van der Waals surface area contributed by atoms with Gasteiger partial charge in [0, 0.05) is 24.5 Å². The molecule has 0 bridgehead atoms. The molecule has 9 heteroatoms. The molecule has 0 radical (unpaired) electrons. The lowest BCUT2D eigenvalue weighted by Gasteiger charge is -2.21. The Labute approximate surface area is 178 Å². The number of aliphatic hydroxyl groups excluding tert-OH is 2. The Morgan fingerprint density at radius 2 is 1.87 bits per heavy atom. The first-order chi connectivity index (χ1) is 14.9. The Hall–Kier alpha value is -3.01. The zero-order valence-electron chi connectivity index (χ0n) is 16.7. The van der Waals surface area contributed by atoms with Gasteiger partial charge in [0.25, 0.3) is 0 Å². The van der Waals surface area contributed by atoms with Crippen molar-refractivity contribution in [2.45, 2.75) is 37.3 Å². The number of para-hydroxylation sites is 1. The molecule has 2 aliphatic rings. The summed E-state index contributed by atoms with van der Waals surface area (Å²) in [5.74, 6) is -0.678. The summed E-state index contributed by atoms with van der Waals surface area (Å²) in [7, 11) is 0. The number of carbonyl (C=O) groups excluding carboxylic acids is 2. The van der Waals surface area contributed by atoms with Gasteiger partial charge in [0.05, 0.1) is 12.5 Å². The average molecular weight is 429 g/mol. The summed E-state index contributed by atoms with van der Waals surface area (Å²) in [4.78, 5) is 26.4. The maximum absolute atomic E-state index is 13.2. The first-order valence-electron chi connectivity index (χ1n) is 10.1. The van der Waals surface area contributed by atoms with Gasteiger partial charge >= 0.3 is 6.03 Å². The highest BCUT2D eigenvalue weighted by Gasteiger charge is 2.44. The van der Waals surface area contributed by atoms with Crippen LogP contribution < -0.4 is 15.5 Å². The first kappa shape index (κ1) is 21.2. The summed E-state index contributed by atoms with van der Waals surface area (Å²) < 4.78 is 18.9. The summed E-state index contributed by atoms with van der Waals surface area (Å²) in [5.41, 5.74) is 2.22. The molecule has 31 heavy (non-hydrogen) atoms. The van der Waals surface area contributed by atoms with E-state index in [-0.39, 0.29) is 24.6 Å². The number of carbonyl (C=O) groups is 2. The summed E-state index contributed by atoms with van der Waals surface area (Å²) in [6.45, 7) is 0.478. The molecule has 2 heterocycles. The van der Waals surface area contributed by atoms with E-state index in [0.717, 1.165) is 17.7 Å². The summed E-state index contributed by atoms with van der Waals surface area (Å²) >= 11 is 0. The fourth-order valence-electron chi connectivity index (χ4n) is 3.98. The number of rotatable bonds is 5. The second-order valence-corrected chi connectivity index (χ2v) is 7.67. The second kappa shape index (κ2) is 9.01. The Kier molecular flexibility index (Phi) is 6.17. The molecule has 0 aliphatic carbocycles. The lowest BCUT2D eigenvalue weighted by atomic mass is 10.0. The number of hydrogen-bond donors (Lipinski definition) is 4. The van der Waals surface area contributed by atoms with Gasteiger partial charge in [0.2, 0.25) is 5.91 Å². The molecule has 2 aromatic rings. The van der Waals surface area contributed by atoms with Gasteiger partial charge in [0.15, 0.2) is 0 Å². The molecular weight excluding hydrogens is 405 g/mol. The number of ether oxygens (including phenoxy) is 1. The Balaban J connectivity index is 1.30. The van der Waals surface area contributed by atoms with Crippen LogP contribution >= 0.6 is 0 Å². The van der Waals surface area contributed by atoms with E-state index >= 15 is 0 Å². The molecule has 4 rings (SSSR count). The van der Waals surface area contributed by atoms with Gasteiger partial charge in [-0.25, -0.2) is 9.18 Å². The normalized spacial score (nSPS) is 24.7. The van der Waals surface area contributed by atoms with Crippen LogP contribution in [0.2, 0.25) is 0 Å². The summed E-state index contributed by atoms with van der Waals surface area (Å²) in [6, 6.07) is 12.5. The zero-order valence-corrected chi connectivity index (χ0v) is 16.7. The monoisotopic (exact) mass is 429 g/mol. The highest BCUT2D eigenvalue weighted by atomic mass is 19.1. The molecule has 4 unspecified atom stereocenters. The van der Waals surface area contributed by atoms with E-state index in [9.17, 15) is 24.2 Å². The summed E-state index contributed by atoms with van der Waals surface area (Å²) in [6.07, 6.45) is -3.58. The van der Waals surface area contributed by atoms with Crippen molar-refractivity contribution in [2.24, 2.45) is 0 Å². The highest BCUT2D eigenvalue weighted by molar-refractivity contribution is 5.95. The molecule has 164 valence electrons. The van der Waals surface area contributed by atoms with E-state index in [1.807, 2.05) is 24.3 Å². The number of nitrogens with zero attached hydrogens (tertiary/aromatic N) is 1. The lowest BCUT2D eigenvalue weighted by molar-refractivity contribution is -0.122. The third kappa shape index (κ3) is 4.68.